The number of likely N-dealkylation sites (tertiary alicyclic amines) is 1. The Labute approximate surface area is 159 Å². The van der Waals surface area contributed by atoms with Crippen molar-refractivity contribution in [2.75, 3.05) is 13.1 Å². The molecule has 0 atom stereocenters. The second-order valence-electron chi connectivity index (χ2n) is 7.21. The fraction of sp³-hybridized carbons (Fsp3) is 0.364. The first-order valence-electron chi connectivity index (χ1n) is 9.28. The number of rotatable bonds is 5. The van der Waals surface area contributed by atoms with E-state index in [9.17, 15) is 14.7 Å². The van der Waals surface area contributed by atoms with Crippen LogP contribution in [-0.2, 0) is 10.2 Å². The third-order valence-corrected chi connectivity index (χ3v) is 5.12. The van der Waals surface area contributed by atoms with Crippen molar-refractivity contribution in [2.45, 2.75) is 38.2 Å². The number of benzene rings is 2. The lowest BCUT2D eigenvalue weighted by Gasteiger charge is -2.39. The van der Waals surface area contributed by atoms with E-state index < -0.39 is 11.4 Å². The van der Waals surface area contributed by atoms with Gasteiger partial charge in [0, 0.05) is 13.1 Å². The SMILES string of the molecule is CC(C)Oc1ccccc1C(=O)N1CCC(C(=O)O)(c2ccccc2)CC1. The summed E-state index contributed by atoms with van der Waals surface area (Å²) < 4.78 is 5.76. The molecule has 0 aromatic heterocycles. The molecule has 5 heteroatoms. The lowest BCUT2D eigenvalue weighted by Crippen LogP contribution is -2.49. The Morgan fingerprint density at radius 1 is 1.00 bits per heavy atom. The Balaban J connectivity index is 1.79. The van der Waals surface area contributed by atoms with Crippen LogP contribution in [0.2, 0.25) is 0 Å². The van der Waals surface area contributed by atoms with E-state index in [2.05, 4.69) is 0 Å². The van der Waals surface area contributed by atoms with Gasteiger partial charge >= 0.3 is 5.97 Å². The summed E-state index contributed by atoms with van der Waals surface area (Å²) >= 11 is 0. The Morgan fingerprint density at radius 3 is 2.19 bits per heavy atom. The van der Waals surface area contributed by atoms with Gasteiger partial charge < -0.3 is 14.7 Å². The molecule has 5 nitrogen and oxygen atoms in total. The summed E-state index contributed by atoms with van der Waals surface area (Å²) in [6.07, 6.45) is 0.759. The molecule has 1 fully saturated rings. The summed E-state index contributed by atoms with van der Waals surface area (Å²) in [6, 6.07) is 16.5. The van der Waals surface area contributed by atoms with Crippen molar-refractivity contribution in [3.8, 4) is 5.75 Å². The molecule has 27 heavy (non-hydrogen) atoms. The number of para-hydroxylation sites is 1. The van der Waals surface area contributed by atoms with Crippen LogP contribution in [0.15, 0.2) is 54.6 Å². The Morgan fingerprint density at radius 2 is 1.59 bits per heavy atom. The molecule has 0 aliphatic carbocycles. The number of ether oxygens (including phenoxy) is 1. The van der Waals surface area contributed by atoms with Gasteiger partial charge in [-0.15, -0.1) is 0 Å². The van der Waals surface area contributed by atoms with Crippen molar-refractivity contribution in [2.24, 2.45) is 0 Å². The molecule has 1 N–H and O–H groups in total. The molecule has 0 spiro atoms. The van der Waals surface area contributed by atoms with Crippen molar-refractivity contribution in [3.05, 3.63) is 65.7 Å². The van der Waals surface area contributed by atoms with Gasteiger partial charge in [-0.3, -0.25) is 9.59 Å². The van der Waals surface area contributed by atoms with Crippen molar-refractivity contribution in [1.82, 2.24) is 4.90 Å². The van der Waals surface area contributed by atoms with Crippen LogP contribution in [0.25, 0.3) is 0 Å². The fourth-order valence-corrected chi connectivity index (χ4v) is 3.65. The molecule has 2 aromatic carbocycles. The summed E-state index contributed by atoms with van der Waals surface area (Å²) in [5, 5.41) is 9.90. The maximum absolute atomic E-state index is 13.0. The topological polar surface area (TPSA) is 66.8 Å². The summed E-state index contributed by atoms with van der Waals surface area (Å²) in [5.74, 6) is -0.377. The molecule has 2 aromatic rings. The summed E-state index contributed by atoms with van der Waals surface area (Å²) in [4.78, 5) is 26.8. The molecule has 1 amide bonds. The van der Waals surface area contributed by atoms with E-state index in [-0.39, 0.29) is 12.0 Å². The highest BCUT2D eigenvalue weighted by atomic mass is 16.5. The number of carbonyl (C=O) groups excluding carboxylic acids is 1. The summed E-state index contributed by atoms with van der Waals surface area (Å²) in [7, 11) is 0. The van der Waals surface area contributed by atoms with E-state index in [4.69, 9.17) is 4.74 Å². The summed E-state index contributed by atoms with van der Waals surface area (Å²) in [6.45, 7) is 4.64. The second-order valence-corrected chi connectivity index (χ2v) is 7.21. The Kier molecular flexibility index (Phi) is 5.49. The molecule has 3 rings (SSSR count). The standard InChI is InChI=1S/C22H25NO4/c1-16(2)27-19-11-7-6-10-18(19)20(24)23-14-12-22(13-15-23,21(25)26)17-8-4-3-5-9-17/h3-11,16H,12-15H2,1-2H3,(H,25,26). The average Bonchev–Trinajstić information content (AvgIpc) is 2.68. The van der Waals surface area contributed by atoms with Crippen molar-refractivity contribution < 1.29 is 19.4 Å². The van der Waals surface area contributed by atoms with Crippen LogP contribution in [0.3, 0.4) is 0 Å². The van der Waals surface area contributed by atoms with Gasteiger partial charge in [0.2, 0.25) is 0 Å². The number of carboxylic acids is 1. The highest BCUT2D eigenvalue weighted by Crippen LogP contribution is 2.36. The van der Waals surface area contributed by atoms with Crippen LogP contribution in [0, 0.1) is 0 Å². The van der Waals surface area contributed by atoms with E-state index in [0.29, 0.717) is 37.2 Å². The predicted octanol–water partition coefficient (Wildman–Crippen LogP) is 3.73. The third kappa shape index (κ3) is 3.82. The Bertz CT molecular complexity index is 808. The monoisotopic (exact) mass is 367 g/mol. The number of aliphatic carboxylic acids is 1. The molecule has 0 radical (unpaired) electrons. The zero-order valence-electron chi connectivity index (χ0n) is 15.7. The van der Waals surface area contributed by atoms with Gasteiger partial charge in [0.05, 0.1) is 17.1 Å². The maximum atomic E-state index is 13.0. The highest BCUT2D eigenvalue weighted by molar-refractivity contribution is 5.97. The van der Waals surface area contributed by atoms with Crippen LogP contribution in [0.1, 0.15) is 42.6 Å². The largest absolute Gasteiger partial charge is 0.490 e. The zero-order valence-corrected chi connectivity index (χ0v) is 15.7. The van der Waals surface area contributed by atoms with Crippen LogP contribution in [0.4, 0.5) is 0 Å². The Hall–Kier alpha value is -2.82. The van der Waals surface area contributed by atoms with Crippen molar-refractivity contribution >= 4 is 11.9 Å². The van der Waals surface area contributed by atoms with Gasteiger partial charge in [0.1, 0.15) is 5.75 Å². The molecule has 142 valence electrons. The van der Waals surface area contributed by atoms with Crippen molar-refractivity contribution in [3.63, 3.8) is 0 Å². The van der Waals surface area contributed by atoms with E-state index in [1.807, 2.05) is 56.3 Å². The quantitative estimate of drug-likeness (QED) is 0.874. The van der Waals surface area contributed by atoms with Gasteiger partial charge in [0.15, 0.2) is 0 Å². The zero-order chi connectivity index (χ0) is 19.4. The second kappa shape index (κ2) is 7.82. The predicted molar refractivity (Wildman–Crippen MR) is 103 cm³/mol. The molecular weight excluding hydrogens is 342 g/mol. The number of hydrogen-bond acceptors (Lipinski definition) is 3. The number of nitrogens with zero attached hydrogens (tertiary/aromatic N) is 1. The number of piperidine rings is 1. The smallest absolute Gasteiger partial charge is 0.314 e. The summed E-state index contributed by atoms with van der Waals surface area (Å²) in [5.41, 5.74) is 0.383. The first kappa shape index (κ1) is 19.0. The van der Waals surface area contributed by atoms with E-state index >= 15 is 0 Å². The number of carbonyl (C=O) groups is 2. The van der Waals surface area contributed by atoms with E-state index in [1.165, 1.54) is 0 Å². The fourth-order valence-electron chi connectivity index (χ4n) is 3.65. The van der Waals surface area contributed by atoms with Crippen LogP contribution < -0.4 is 4.74 Å². The molecule has 0 unspecified atom stereocenters. The van der Waals surface area contributed by atoms with Crippen molar-refractivity contribution in [1.29, 1.82) is 0 Å². The van der Waals surface area contributed by atoms with Crippen LogP contribution in [-0.4, -0.2) is 41.1 Å². The minimum Gasteiger partial charge on any atom is -0.490 e. The lowest BCUT2D eigenvalue weighted by atomic mass is 9.72. The van der Waals surface area contributed by atoms with E-state index in [1.54, 1.807) is 17.0 Å². The van der Waals surface area contributed by atoms with Crippen LogP contribution >= 0.6 is 0 Å². The normalized spacial score (nSPS) is 16.2. The van der Waals surface area contributed by atoms with Gasteiger partial charge in [-0.2, -0.15) is 0 Å². The highest BCUT2D eigenvalue weighted by Gasteiger charge is 2.44. The van der Waals surface area contributed by atoms with Gasteiger partial charge in [-0.05, 0) is 44.4 Å². The first-order chi connectivity index (χ1) is 12.9. The van der Waals surface area contributed by atoms with Gasteiger partial charge in [-0.25, -0.2) is 0 Å². The number of amides is 1. The molecule has 1 aliphatic rings. The van der Waals surface area contributed by atoms with Gasteiger partial charge in [-0.1, -0.05) is 42.5 Å². The molecule has 1 saturated heterocycles. The molecular formula is C22H25NO4. The number of carboxylic acid groups (broad SMARTS) is 1. The minimum absolute atomic E-state index is 0.0296. The molecule has 1 aliphatic heterocycles. The molecule has 0 bridgehead atoms. The van der Waals surface area contributed by atoms with E-state index in [0.717, 1.165) is 5.56 Å². The first-order valence-corrected chi connectivity index (χ1v) is 9.28. The molecule has 0 saturated carbocycles. The molecule has 1 heterocycles. The lowest BCUT2D eigenvalue weighted by molar-refractivity contribution is -0.145. The minimum atomic E-state index is -0.939. The maximum Gasteiger partial charge on any atom is 0.314 e. The number of hydrogen-bond donors (Lipinski definition) is 1. The van der Waals surface area contributed by atoms with Crippen LogP contribution in [0.5, 0.6) is 5.75 Å². The third-order valence-electron chi connectivity index (χ3n) is 5.12. The van der Waals surface area contributed by atoms with Gasteiger partial charge in [0.25, 0.3) is 5.91 Å². The average molecular weight is 367 g/mol.